The van der Waals surface area contributed by atoms with Crippen molar-refractivity contribution in [3.8, 4) is 0 Å². The van der Waals surface area contributed by atoms with E-state index in [4.69, 9.17) is 11.6 Å². The van der Waals surface area contributed by atoms with Gasteiger partial charge in [0.25, 0.3) is 0 Å². The zero-order valence-electron chi connectivity index (χ0n) is 10.5. The lowest BCUT2D eigenvalue weighted by Crippen LogP contribution is -2.16. The van der Waals surface area contributed by atoms with E-state index in [2.05, 4.69) is 9.99 Å². The van der Waals surface area contributed by atoms with E-state index in [1.54, 1.807) is 0 Å². The summed E-state index contributed by atoms with van der Waals surface area (Å²) in [6, 6.07) is 4.54. The molecule has 4 nitrogen and oxygen atoms in total. The third-order valence-electron chi connectivity index (χ3n) is 2.15. The lowest BCUT2D eigenvalue weighted by atomic mass is 10.2. The van der Waals surface area contributed by atoms with Crippen LogP contribution in [-0.4, -0.2) is 11.3 Å². The number of benzene rings is 1. The van der Waals surface area contributed by atoms with Gasteiger partial charge in [-0.25, -0.2) is 4.79 Å². The van der Waals surface area contributed by atoms with Crippen molar-refractivity contribution < 1.29 is 22.8 Å². The Labute approximate surface area is 118 Å². The number of nitrogens with one attached hydrogen (secondary N) is 1. The molecule has 110 valence electrons. The highest BCUT2D eigenvalue weighted by atomic mass is 35.5. The number of alkyl halides is 3. The summed E-state index contributed by atoms with van der Waals surface area (Å²) in [6.45, 7) is 1.84. The molecule has 1 aromatic rings. The maximum atomic E-state index is 12.7. The smallest absolute Gasteiger partial charge is 0.297 e. The monoisotopic (exact) mass is 308 g/mol. The third kappa shape index (κ3) is 5.08. The van der Waals surface area contributed by atoms with Gasteiger partial charge in [-0.2, -0.15) is 13.2 Å². The van der Waals surface area contributed by atoms with Crippen LogP contribution in [0.5, 0.6) is 0 Å². The van der Waals surface area contributed by atoms with Crippen molar-refractivity contribution in [3.63, 3.8) is 0 Å². The van der Waals surface area contributed by atoms with Gasteiger partial charge in [-0.05, 0) is 18.6 Å². The molecule has 1 rings (SSSR count). The van der Waals surface area contributed by atoms with Crippen LogP contribution < -0.4 is 5.32 Å². The molecule has 0 unspecified atom stereocenters. The third-order valence-corrected chi connectivity index (χ3v) is 2.41. The van der Waals surface area contributed by atoms with Gasteiger partial charge in [0.2, 0.25) is 0 Å². The van der Waals surface area contributed by atoms with E-state index in [1.165, 1.54) is 12.1 Å². The number of carbonyl (C=O) groups excluding carboxylic acids is 1. The maximum absolute atomic E-state index is 12.7. The number of anilines is 1. The zero-order chi connectivity index (χ0) is 15.2. The first-order valence-electron chi connectivity index (χ1n) is 5.71. The summed E-state index contributed by atoms with van der Waals surface area (Å²) in [5.74, 6) is 0. The summed E-state index contributed by atoms with van der Waals surface area (Å²) < 4.78 is 38.0. The Balaban J connectivity index is 2.74. The Hall–Kier alpha value is -1.76. The SMILES string of the molecule is CCC/C(Cl)=N/OC(=O)Nc1ccccc1C(F)(F)F. The van der Waals surface area contributed by atoms with Gasteiger partial charge in [0.15, 0.2) is 0 Å². The van der Waals surface area contributed by atoms with Crippen LogP contribution in [0, 0.1) is 0 Å². The number of para-hydroxylation sites is 1. The molecule has 0 atom stereocenters. The molecular formula is C12H12ClF3N2O2. The Morgan fingerprint density at radius 2 is 2.05 bits per heavy atom. The molecule has 8 heteroatoms. The molecule has 0 bridgehead atoms. The summed E-state index contributed by atoms with van der Waals surface area (Å²) in [6.07, 6.45) is -4.61. The van der Waals surface area contributed by atoms with Gasteiger partial charge in [0, 0.05) is 6.42 Å². The number of carbonyl (C=O) groups is 1. The van der Waals surface area contributed by atoms with Crippen molar-refractivity contribution in [3.05, 3.63) is 29.8 Å². The van der Waals surface area contributed by atoms with Crippen LogP contribution in [0.1, 0.15) is 25.3 Å². The van der Waals surface area contributed by atoms with Gasteiger partial charge in [-0.15, -0.1) is 0 Å². The van der Waals surface area contributed by atoms with Crippen LogP contribution in [0.2, 0.25) is 0 Å². The normalized spacial score (nSPS) is 12.2. The predicted molar refractivity (Wildman–Crippen MR) is 69.7 cm³/mol. The largest absolute Gasteiger partial charge is 0.437 e. The Morgan fingerprint density at radius 3 is 2.65 bits per heavy atom. The molecule has 0 aliphatic carbocycles. The van der Waals surface area contributed by atoms with Gasteiger partial charge in [0.05, 0.1) is 11.3 Å². The van der Waals surface area contributed by atoms with E-state index in [0.29, 0.717) is 12.8 Å². The van der Waals surface area contributed by atoms with Crippen molar-refractivity contribution in [2.45, 2.75) is 25.9 Å². The van der Waals surface area contributed by atoms with E-state index in [9.17, 15) is 18.0 Å². The molecule has 1 amide bonds. The van der Waals surface area contributed by atoms with Crippen molar-refractivity contribution in [1.29, 1.82) is 0 Å². The zero-order valence-corrected chi connectivity index (χ0v) is 11.3. The second-order valence-electron chi connectivity index (χ2n) is 3.76. The fourth-order valence-corrected chi connectivity index (χ4v) is 1.54. The molecule has 0 fully saturated rings. The lowest BCUT2D eigenvalue weighted by Gasteiger charge is -2.12. The number of rotatable bonds is 4. The van der Waals surface area contributed by atoms with Crippen molar-refractivity contribution in [2.75, 3.05) is 5.32 Å². The summed E-state index contributed by atoms with van der Waals surface area (Å²) >= 11 is 5.60. The van der Waals surface area contributed by atoms with Gasteiger partial charge >= 0.3 is 12.3 Å². The van der Waals surface area contributed by atoms with Crippen molar-refractivity contribution in [1.82, 2.24) is 0 Å². The molecule has 0 aliphatic rings. The number of halogens is 4. The molecule has 0 radical (unpaired) electrons. The van der Waals surface area contributed by atoms with Crippen LogP contribution >= 0.6 is 11.6 Å². The van der Waals surface area contributed by atoms with E-state index < -0.39 is 23.5 Å². The van der Waals surface area contributed by atoms with Crippen molar-refractivity contribution >= 4 is 28.6 Å². The minimum absolute atomic E-state index is 0.0618. The minimum atomic E-state index is -4.58. The Morgan fingerprint density at radius 1 is 1.40 bits per heavy atom. The fraction of sp³-hybridized carbons (Fsp3) is 0.333. The summed E-state index contributed by atoms with van der Waals surface area (Å²) in [7, 11) is 0. The highest BCUT2D eigenvalue weighted by Crippen LogP contribution is 2.34. The highest BCUT2D eigenvalue weighted by molar-refractivity contribution is 6.65. The summed E-state index contributed by atoms with van der Waals surface area (Å²) in [5, 5.41) is 5.32. The minimum Gasteiger partial charge on any atom is -0.297 e. The van der Waals surface area contributed by atoms with E-state index in [0.717, 1.165) is 12.1 Å². The van der Waals surface area contributed by atoms with E-state index in [1.807, 2.05) is 12.2 Å². The first-order valence-corrected chi connectivity index (χ1v) is 6.09. The fourth-order valence-electron chi connectivity index (χ4n) is 1.32. The van der Waals surface area contributed by atoms with Gasteiger partial charge in [0.1, 0.15) is 5.17 Å². The number of nitrogens with zero attached hydrogens (tertiary/aromatic N) is 1. The van der Waals surface area contributed by atoms with E-state index >= 15 is 0 Å². The highest BCUT2D eigenvalue weighted by Gasteiger charge is 2.33. The second kappa shape index (κ2) is 7.14. The molecule has 0 saturated heterocycles. The first-order chi connectivity index (χ1) is 9.34. The summed E-state index contributed by atoms with van der Waals surface area (Å²) in [5.41, 5.74) is -1.38. The number of oxime groups is 1. The Bertz CT molecular complexity index is 504. The topological polar surface area (TPSA) is 50.7 Å². The quantitative estimate of drug-likeness (QED) is 0.502. The molecular weight excluding hydrogens is 297 g/mol. The molecule has 0 aliphatic heterocycles. The molecule has 20 heavy (non-hydrogen) atoms. The summed E-state index contributed by atoms with van der Waals surface area (Å²) in [4.78, 5) is 15.7. The number of amides is 1. The molecule has 0 spiro atoms. The van der Waals surface area contributed by atoms with Crippen LogP contribution in [0.15, 0.2) is 29.4 Å². The number of hydrogen-bond donors (Lipinski definition) is 1. The van der Waals surface area contributed by atoms with Crippen LogP contribution in [-0.2, 0) is 11.0 Å². The predicted octanol–water partition coefficient (Wildman–Crippen LogP) is 4.61. The van der Waals surface area contributed by atoms with Gasteiger partial charge in [-0.3, -0.25) is 10.2 Å². The van der Waals surface area contributed by atoms with Gasteiger partial charge < -0.3 is 0 Å². The second-order valence-corrected chi connectivity index (χ2v) is 4.20. The molecule has 1 aromatic carbocycles. The average Bonchev–Trinajstić information content (AvgIpc) is 2.36. The van der Waals surface area contributed by atoms with Crippen LogP contribution in [0.3, 0.4) is 0 Å². The maximum Gasteiger partial charge on any atom is 0.437 e. The molecule has 0 saturated carbocycles. The first kappa shape index (κ1) is 16.3. The van der Waals surface area contributed by atoms with Crippen LogP contribution in [0.4, 0.5) is 23.7 Å². The lowest BCUT2D eigenvalue weighted by molar-refractivity contribution is -0.136. The van der Waals surface area contributed by atoms with Gasteiger partial charge in [-0.1, -0.05) is 35.8 Å². The standard InChI is InChI=1S/C12H12ClF3N2O2/c1-2-5-10(13)18-20-11(19)17-9-7-4-3-6-8(9)12(14,15)16/h3-4,6-7H,2,5H2,1H3,(H,17,19)/b18-10-. The Kier molecular flexibility index (Phi) is 5.82. The van der Waals surface area contributed by atoms with Crippen molar-refractivity contribution in [2.24, 2.45) is 5.16 Å². The van der Waals surface area contributed by atoms with Crippen LogP contribution in [0.25, 0.3) is 0 Å². The molecule has 1 N–H and O–H groups in total. The number of hydrogen-bond acceptors (Lipinski definition) is 3. The van der Waals surface area contributed by atoms with E-state index in [-0.39, 0.29) is 5.17 Å². The molecule has 0 heterocycles. The molecule has 0 aromatic heterocycles. The average molecular weight is 309 g/mol.